The maximum Gasteiger partial charge on any atom is 0.163 e. The first-order valence-corrected chi connectivity index (χ1v) is 13.5. The van der Waals surface area contributed by atoms with Crippen LogP contribution in [0.25, 0.3) is 0 Å². The van der Waals surface area contributed by atoms with E-state index in [9.17, 15) is 14.4 Å². The van der Waals surface area contributed by atoms with E-state index in [2.05, 4.69) is 39.0 Å². The molecule has 4 unspecified atom stereocenters. The molecule has 0 bridgehead atoms. The Morgan fingerprint density at radius 1 is 1.09 bits per heavy atom. The van der Waals surface area contributed by atoms with Gasteiger partial charge in [-0.2, -0.15) is 0 Å². The molecule has 0 radical (unpaired) electrons. The predicted molar refractivity (Wildman–Crippen MR) is 135 cm³/mol. The lowest BCUT2D eigenvalue weighted by Gasteiger charge is -2.38. The monoisotopic (exact) mass is 452 g/mol. The summed E-state index contributed by atoms with van der Waals surface area (Å²) < 4.78 is 0. The second-order valence-corrected chi connectivity index (χ2v) is 10.9. The highest BCUT2D eigenvalue weighted by Crippen LogP contribution is 2.46. The van der Waals surface area contributed by atoms with E-state index in [1.54, 1.807) is 0 Å². The van der Waals surface area contributed by atoms with Crippen molar-refractivity contribution in [1.29, 1.82) is 0 Å². The molecule has 1 saturated carbocycles. The van der Waals surface area contributed by atoms with Crippen LogP contribution in [0, 0.1) is 30.6 Å². The smallest absolute Gasteiger partial charge is 0.163 e. The molecule has 33 heavy (non-hydrogen) atoms. The molecule has 1 aromatic carbocycles. The van der Waals surface area contributed by atoms with Gasteiger partial charge in [0.05, 0.1) is 6.42 Å². The van der Waals surface area contributed by atoms with Crippen molar-refractivity contribution in [3.05, 3.63) is 34.9 Å². The number of rotatable bonds is 12. The van der Waals surface area contributed by atoms with Gasteiger partial charge in [0, 0.05) is 17.9 Å². The Morgan fingerprint density at radius 3 is 2.45 bits per heavy atom. The van der Waals surface area contributed by atoms with Crippen LogP contribution in [0.3, 0.4) is 0 Å². The van der Waals surface area contributed by atoms with Gasteiger partial charge in [0.15, 0.2) is 5.78 Å². The molecular formula is C30H44O3. The highest BCUT2D eigenvalue weighted by Gasteiger charge is 2.38. The van der Waals surface area contributed by atoms with Crippen molar-refractivity contribution in [3.8, 4) is 0 Å². The zero-order valence-electron chi connectivity index (χ0n) is 21.3. The molecule has 3 heteroatoms. The van der Waals surface area contributed by atoms with Crippen molar-refractivity contribution in [3.63, 3.8) is 0 Å². The fourth-order valence-electron chi connectivity index (χ4n) is 6.91. The summed E-state index contributed by atoms with van der Waals surface area (Å²) in [6, 6.07) is 6.37. The SMILES string of the molecule is CCCC(CC1CC(=O)c2c(C)cccc2C1CCC1CCCC1)C(CC)C(=O)CC(C)=O. The first kappa shape index (κ1) is 25.8. The molecule has 2 aliphatic carbocycles. The summed E-state index contributed by atoms with van der Waals surface area (Å²) in [7, 11) is 0. The molecule has 2 aliphatic rings. The van der Waals surface area contributed by atoms with E-state index in [-0.39, 0.29) is 35.6 Å². The highest BCUT2D eigenvalue weighted by molar-refractivity contribution is 6.00. The third-order valence-corrected chi connectivity index (χ3v) is 8.47. The molecule has 0 saturated heterocycles. The maximum absolute atomic E-state index is 13.3. The fourth-order valence-corrected chi connectivity index (χ4v) is 6.91. The summed E-state index contributed by atoms with van der Waals surface area (Å²) in [6.45, 7) is 7.83. The van der Waals surface area contributed by atoms with Crippen molar-refractivity contribution in [2.24, 2.45) is 23.7 Å². The lowest BCUT2D eigenvalue weighted by Crippen LogP contribution is -2.32. The second-order valence-electron chi connectivity index (χ2n) is 10.9. The Morgan fingerprint density at radius 2 is 1.82 bits per heavy atom. The van der Waals surface area contributed by atoms with Crippen LogP contribution >= 0.6 is 0 Å². The normalized spacial score (nSPS) is 22.7. The van der Waals surface area contributed by atoms with Crippen LogP contribution in [0.4, 0.5) is 0 Å². The summed E-state index contributed by atoms with van der Waals surface area (Å²) in [6.07, 6.45) is 12.2. The van der Waals surface area contributed by atoms with Crippen LogP contribution in [0.1, 0.15) is 125 Å². The zero-order valence-corrected chi connectivity index (χ0v) is 21.3. The van der Waals surface area contributed by atoms with Gasteiger partial charge in [0.25, 0.3) is 0 Å². The van der Waals surface area contributed by atoms with E-state index in [0.29, 0.717) is 18.3 Å². The van der Waals surface area contributed by atoms with Gasteiger partial charge >= 0.3 is 0 Å². The minimum atomic E-state index is -0.0710. The minimum Gasteiger partial charge on any atom is -0.300 e. The van der Waals surface area contributed by atoms with Crippen molar-refractivity contribution >= 4 is 17.3 Å². The van der Waals surface area contributed by atoms with Crippen molar-refractivity contribution in [2.45, 2.75) is 111 Å². The highest BCUT2D eigenvalue weighted by atomic mass is 16.1. The first-order chi connectivity index (χ1) is 15.8. The number of hydrogen-bond acceptors (Lipinski definition) is 3. The third-order valence-electron chi connectivity index (χ3n) is 8.47. The quantitative estimate of drug-likeness (QED) is 0.306. The predicted octanol–water partition coefficient (Wildman–Crippen LogP) is 7.63. The molecular weight excluding hydrogens is 408 g/mol. The molecule has 3 rings (SSSR count). The number of carbonyl (C=O) groups is 3. The Labute approximate surface area is 201 Å². The molecule has 4 atom stereocenters. The lowest BCUT2D eigenvalue weighted by atomic mass is 9.66. The third kappa shape index (κ3) is 6.43. The number of aryl methyl sites for hydroxylation is 1. The number of hydrogen-bond donors (Lipinski definition) is 0. The molecule has 0 aromatic heterocycles. The molecule has 0 N–H and O–H groups in total. The van der Waals surface area contributed by atoms with E-state index < -0.39 is 0 Å². The number of ketones is 3. The Kier molecular flexibility index (Phi) is 9.47. The van der Waals surface area contributed by atoms with Gasteiger partial charge in [-0.3, -0.25) is 14.4 Å². The Bertz CT molecular complexity index is 833. The molecule has 0 aliphatic heterocycles. The molecule has 0 heterocycles. The van der Waals surface area contributed by atoms with Crippen LogP contribution in [0.2, 0.25) is 0 Å². The van der Waals surface area contributed by atoms with Crippen LogP contribution in [0.15, 0.2) is 18.2 Å². The van der Waals surface area contributed by atoms with E-state index in [4.69, 9.17) is 0 Å². The minimum absolute atomic E-state index is 0.0413. The maximum atomic E-state index is 13.3. The van der Waals surface area contributed by atoms with Gasteiger partial charge in [-0.1, -0.05) is 70.6 Å². The number of carbonyl (C=O) groups excluding carboxylic acids is 3. The van der Waals surface area contributed by atoms with Crippen molar-refractivity contribution < 1.29 is 14.4 Å². The summed E-state index contributed by atoms with van der Waals surface area (Å²) in [5, 5.41) is 0. The summed E-state index contributed by atoms with van der Waals surface area (Å²) in [4.78, 5) is 37.9. The zero-order chi connectivity index (χ0) is 24.0. The van der Waals surface area contributed by atoms with Gasteiger partial charge in [0.2, 0.25) is 0 Å². The van der Waals surface area contributed by atoms with Crippen LogP contribution in [0.5, 0.6) is 0 Å². The van der Waals surface area contributed by atoms with E-state index in [0.717, 1.165) is 49.1 Å². The molecule has 3 nitrogen and oxygen atoms in total. The Hall–Kier alpha value is -1.77. The molecule has 1 fully saturated rings. The lowest BCUT2D eigenvalue weighted by molar-refractivity contribution is -0.129. The molecule has 0 amide bonds. The van der Waals surface area contributed by atoms with Gasteiger partial charge in [-0.05, 0) is 74.3 Å². The van der Waals surface area contributed by atoms with E-state index in [1.807, 2.05) is 0 Å². The standard InChI is InChI=1S/C30H44O3/c1-5-10-23(25(6-2)28(32)17-21(4)31)18-24-19-29(33)30-20(3)11-9-14-27(30)26(24)16-15-22-12-7-8-13-22/h9,11,14,22-26H,5-8,10,12-13,15-19H2,1-4H3. The van der Waals surface area contributed by atoms with Crippen molar-refractivity contribution in [2.75, 3.05) is 0 Å². The number of benzene rings is 1. The van der Waals surface area contributed by atoms with Crippen LogP contribution in [-0.2, 0) is 9.59 Å². The topological polar surface area (TPSA) is 51.2 Å². The van der Waals surface area contributed by atoms with Crippen LogP contribution in [-0.4, -0.2) is 17.3 Å². The van der Waals surface area contributed by atoms with Gasteiger partial charge in [-0.15, -0.1) is 0 Å². The van der Waals surface area contributed by atoms with Gasteiger partial charge in [0.1, 0.15) is 11.6 Å². The van der Waals surface area contributed by atoms with E-state index >= 15 is 0 Å². The fraction of sp³-hybridized carbons (Fsp3) is 0.700. The van der Waals surface area contributed by atoms with Gasteiger partial charge in [-0.25, -0.2) is 0 Å². The molecule has 0 spiro atoms. The number of Topliss-reactive ketones (excluding diaryl/α,β-unsaturated/α-hetero) is 3. The summed E-state index contributed by atoms with van der Waals surface area (Å²) >= 11 is 0. The largest absolute Gasteiger partial charge is 0.300 e. The summed E-state index contributed by atoms with van der Waals surface area (Å²) in [5.41, 5.74) is 3.33. The number of fused-ring (bicyclic) bond motifs is 1. The van der Waals surface area contributed by atoms with Crippen LogP contribution < -0.4 is 0 Å². The molecule has 1 aromatic rings. The van der Waals surface area contributed by atoms with Crippen molar-refractivity contribution in [1.82, 2.24) is 0 Å². The van der Waals surface area contributed by atoms with E-state index in [1.165, 1.54) is 44.6 Å². The van der Waals surface area contributed by atoms with Gasteiger partial charge < -0.3 is 0 Å². The summed E-state index contributed by atoms with van der Waals surface area (Å²) in [5.74, 6) is 2.06. The average Bonchev–Trinajstić information content (AvgIpc) is 3.27. The molecule has 182 valence electrons. The first-order valence-electron chi connectivity index (χ1n) is 13.5. The second kappa shape index (κ2) is 12.1. The average molecular weight is 453 g/mol. The Balaban J connectivity index is 1.87.